The van der Waals surface area contributed by atoms with Gasteiger partial charge in [0.25, 0.3) is 11.8 Å². The number of benzene rings is 3. The Balaban J connectivity index is 1.33. The number of thiazole rings is 1. The average Bonchev–Trinajstić information content (AvgIpc) is 3.57. The van der Waals surface area contributed by atoms with Gasteiger partial charge in [0.1, 0.15) is 34.4 Å². The summed E-state index contributed by atoms with van der Waals surface area (Å²) in [4.78, 5) is 50.6. The molecule has 4 aromatic rings. The molecule has 3 aromatic carbocycles. The summed E-state index contributed by atoms with van der Waals surface area (Å²) in [7, 11) is 0. The first-order valence-corrected chi connectivity index (χ1v) is 18.6. The number of rotatable bonds is 12. The van der Waals surface area contributed by atoms with Crippen molar-refractivity contribution in [2.24, 2.45) is 5.16 Å². The van der Waals surface area contributed by atoms with Crippen LogP contribution in [0.2, 0.25) is 0 Å². The number of amides is 2. The van der Waals surface area contributed by atoms with Crippen LogP contribution in [-0.4, -0.2) is 66.2 Å². The van der Waals surface area contributed by atoms with E-state index < -0.39 is 34.7 Å². The van der Waals surface area contributed by atoms with E-state index in [0.29, 0.717) is 20.9 Å². The van der Waals surface area contributed by atoms with Crippen LogP contribution in [0.1, 0.15) is 36.2 Å². The number of hydrogen-bond acceptors (Lipinski definition) is 9. The van der Waals surface area contributed by atoms with Gasteiger partial charge in [-0.1, -0.05) is 119 Å². The molecule has 0 spiro atoms. The number of nitrogens with zero attached hydrogens (tertiary/aromatic N) is 3. The van der Waals surface area contributed by atoms with Crippen LogP contribution in [0.3, 0.4) is 0 Å². The Morgan fingerprint density at radius 1 is 1.02 bits per heavy atom. The van der Waals surface area contributed by atoms with Crippen molar-refractivity contribution in [2.45, 2.75) is 36.9 Å². The number of alkyl halides is 1. The highest BCUT2D eigenvalue weighted by molar-refractivity contribution is 14.1. The summed E-state index contributed by atoms with van der Waals surface area (Å²) in [6, 6.07) is 29.4. The number of carbonyl (C=O) groups is 3. The van der Waals surface area contributed by atoms with E-state index in [4.69, 9.17) is 9.82 Å². The minimum absolute atomic E-state index is 0.00497. The predicted octanol–water partition coefficient (Wildman–Crippen LogP) is 5.85. The first-order chi connectivity index (χ1) is 23.2. The fraction of sp³-hybridized carbons (Fsp3) is 0.229. The minimum atomic E-state index is -1.15. The third kappa shape index (κ3) is 6.45. The number of aromatic nitrogens is 1. The van der Waals surface area contributed by atoms with Gasteiger partial charge in [-0.2, -0.15) is 0 Å². The van der Waals surface area contributed by atoms with Gasteiger partial charge in [-0.25, -0.2) is 9.78 Å². The van der Waals surface area contributed by atoms with Crippen molar-refractivity contribution >= 4 is 74.3 Å². The van der Waals surface area contributed by atoms with Crippen LogP contribution in [0.25, 0.3) is 0 Å². The summed E-state index contributed by atoms with van der Waals surface area (Å²) >= 11 is 4.83. The predicted molar refractivity (Wildman–Crippen MR) is 196 cm³/mol. The van der Waals surface area contributed by atoms with Crippen molar-refractivity contribution in [3.05, 3.63) is 130 Å². The van der Waals surface area contributed by atoms with Gasteiger partial charge in [0.15, 0.2) is 10.8 Å². The van der Waals surface area contributed by atoms with Crippen molar-refractivity contribution < 1.29 is 24.3 Å². The first kappa shape index (κ1) is 33.7. The summed E-state index contributed by atoms with van der Waals surface area (Å²) in [5.74, 6) is -1.83. The molecule has 3 N–H and O–H groups in total. The SMILES string of the molecule is CC(C)ON=C(C(=O)NC1C(=O)N2C(C(=O)O)=C(CI)CS[C@@H]12)c1csc(NC(c2ccccc2)(c2ccccc2)c2ccccc2)n1. The zero-order valence-electron chi connectivity index (χ0n) is 26.0. The van der Waals surface area contributed by atoms with E-state index in [-0.39, 0.29) is 23.2 Å². The highest BCUT2D eigenvalue weighted by Crippen LogP contribution is 2.42. The summed E-state index contributed by atoms with van der Waals surface area (Å²) in [6.45, 7) is 3.58. The van der Waals surface area contributed by atoms with Gasteiger partial charge in [-0.05, 0) is 36.1 Å². The number of oxime groups is 1. The van der Waals surface area contributed by atoms with Crippen molar-refractivity contribution in [3.63, 3.8) is 0 Å². The maximum absolute atomic E-state index is 13.8. The summed E-state index contributed by atoms with van der Waals surface area (Å²) in [6.07, 6.45) is -0.324. The van der Waals surface area contributed by atoms with E-state index in [1.807, 2.05) is 54.6 Å². The molecule has 10 nitrogen and oxygen atoms in total. The monoisotopic (exact) mass is 793 g/mol. The van der Waals surface area contributed by atoms with Gasteiger partial charge >= 0.3 is 5.97 Å². The number of β-lactam (4-membered cyclic amide) rings is 1. The quantitative estimate of drug-likeness (QED) is 0.0407. The number of nitrogens with one attached hydrogen (secondary N) is 2. The Morgan fingerprint density at radius 3 is 2.08 bits per heavy atom. The van der Waals surface area contributed by atoms with Crippen LogP contribution in [0.4, 0.5) is 5.13 Å². The van der Waals surface area contributed by atoms with Crippen molar-refractivity contribution in [2.75, 3.05) is 15.5 Å². The van der Waals surface area contributed by atoms with Crippen LogP contribution in [-0.2, 0) is 24.8 Å². The fourth-order valence-electron chi connectivity index (χ4n) is 5.74. The number of thioether (sulfide) groups is 1. The molecule has 0 aliphatic carbocycles. The third-order valence-corrected chi connectivity index (χ3v) is 10.9. The lowest BCUT2D eigenvalue weighted by Gasteiger charge is -2.49. The zero-order chi connectivity index (χ0) is 33.8. The standard InChI is InChI=1S/C35H32IN5O5S2/c1-21(2)46-40-27(30(42)38-28-31(43)41-29(33(44)45)22(18-36)19-47-32(28)41)26-20-48-34(37-26)39-35(23-12-6-3-7-13-23,24-14-8-4-9-15-24)25-16-10-5-11-17-25/h3-17,20-21,28,32H,18-19H2,1-2H3,(H,37,39)(H,38,42)(H,44,45)/t28?,32-/m0/s1. The molecule has 1 unspecified atom stereocenters. The Morgan fingerprint density at radius 2 is 1.58 bits per heavy atom. The lowest BCUT2D eigenvalue weighted by atomic mass is 9.77. The molecule has 246 valence electrons. The Hall–Kier alpha value is -4.21. The second-order valence-corrected chi connectivity index (χ2v) is 14.1. The number of anilines is 1. The summed E-state index contributed by atoms with van der Waals surface area (Å²) in [5.41, 5.74) is 2.99. The number of aliphatic carboxylic acids is 1. The summed E-state index contributed by atoms with van der Waals surface area (Å²) in [5, 5.41) is 22.2. The average molecular weight is 794 g/mol. The Bertz CT molecular complexity index is 1770. The zero-order valence-corrected chi connectivity index (χ0v) is 29.8. The van der Waals surface area contributed by atoms with Crippen LogP contribution in [0.15, 0.2) is 113 Å². The van der Waals surface area contributed by atoms with Crippen molar-refractivity contribution in [1.82, 2.24) is 15.2 Å². The van der Waals surface area contributed by atoms with E-state index in [9.17, 15) is 19.5 Å². The molecular formula is C35H32IN5O5S2. The molecule has 6 rings (SSSR count). The van der Waals surface area contributed by atoms with Gasteiger partial charge in [-0.15, -0.1) is 23.1 Å². The maximum Gasteiger partial charge on any atom is 0.352 e. The number of fused-ring (bicyclic) bond motifs is 1. The number of halogens is 1. The van der Waals surface area contributed by atoms with Crippen molar-refractivity contribution in [3.8, 4) is 0 Å². The molecule has 2 aliphatic rings. The lowest BCUT2D eigenvalue weighted by Crippen LogP contribution is -2.71. The molecule has 0 bridgehead atoms. The molecule has 0 radical (unpaired) electrons. The Labute approximate surface area is 299 Å². The molecule has 3 heterocycles. The topological polar surface area (TPSA) is 133 Å². The van der Waals surface area contributed by atoms with Gasteiger partial charge in [0.05, 0.1) is 0 Å². The van der Waals surface area contributed by atoms with E-state index in [1.54, 1.807) is 19.2 Å². The normalized spacial score (nSPS) is 17.9. The molecular weight excluding hydrogens is 761 g/mol. The second kappa shape index (κ2) is 14.5. The number of carboxylic acids is 1. The van der Waals surface area contributed by atoms with Gasteiger partial charge in [0.2, 0.25) is 0 Å². The molecule has 0 saturated carbocycles. The highest BCUT2D eigenvalue weighted by Gasteiger charge is 2.54. The number of carbonyl (C=O) groups excluding carboxylic acids is 2. The van der Waals surface area contributed by atoms with Gasteiger partial charge in [0, 0.05) is 15.6 Å². The molecule has 1 aromatic heterocycles. The molecule has 48 heavy (non-hydrogen) atoms. The van der Waals surface area contributed by atoms with E-state index >= 15 is 0 Å². The minimum Gasteiger partial charge on any atom is -0.477 e. The lowest BCUT2D eigenvalue weighted by molar-refractivity contribution is -0.150. The molecule has 1 fully saturated rings. The smallest absolute Gasteiger partial charge is 0.352 e. The third-order valence-electron chi connectivity index (χ3n) is 7.93. The second-order valence-electron chi connectivity index (χ2n) is 11.4. The fourth-order valence-corrected chi connectivity index (χ4v) is 8.83. The van der Waals surface area contributed by atoms with E-state index in [2.05, 4.69) is 74.8 Å². The van der Waals surface area contributed by atoms with E-state index in [1.165, 1.54) is 28.0 Å². The van der Waals surface area contributed by atoms with Crippen LogP contribution < -0.4 is 10.6 Å². The maximum atomic E-state index is 13.8. The van der Waals surface area contributed by atoms with Gasteiger partial charge in [-0.3, -0.25) is 14.5 Å². The first-order valence-electron chi connectivity index (χ1n) is 15.2. The molecule has 13 heteroatoms. The largest absolute Gasteiger partial charge is 0.477 e. The van der Waals surface area contributed by atoms with Crippen LogP contribution >= 0.6 is 45.7 Å². The van der Waals surface area contributed by atoms with Crippen molar-refractivity contribution in [1.29, 1.82) is 0 Å². The van der Waals surface area contributed by atoms with Crippen LogP contribution in [0, 0.1) is 0 Å². The van der Waals surface area contributed by atoms with Gasteiger partial charge < -0.3 is 20.6 Å². The Kier molecular flexibility index (Phi) is 10.2. The van der Waals surface area contributed by atoms with Crippen LogP contribution in [0.5, 0.6) is 0 Å². The number of hydrogen-bond donors (Lipinski definition) is 3. The van der Waals surface area contributed by atoms with E-state index in [0.717, 1.165) is 16.7 Å². The number of carboxylic acid groups (broad SMARTS) is 1. The molecule has 2 aliphatic heterocycles. The highest BCUT2D eigenvalue weighted by atomic mass is 127. The summed E-state index contributed by atoms with van der Waals surface area (Å²) < 4.78 is 0.490. The molecule has 2 atom stereocenters. The molecule has 2 amide bonds. The molecule has 1 saturated heterocycles.